The van der Waals surface area contributed by atoms with Gasteiger partial charge in [0, 0.05) is 5.02 Å². The topological polar surface area (TPSA) is 83.2 Å². The molecule has 0 spiro atoms. The molecule has 0 aliphatic carbocycles. The number of nitrogens with two attached hydrogens (primary N) is 1. The molecule has 1 aromatic carbocycles. The standard InChI is InChI=1S/C7H8ClNO3S.Li/c1-4-2-5(8)3-6(9)7(4)13(10,11)12;/h2-3H,9H2,1H3,(H,10,11,12);/q;+1/p-1. The number of aryl methyl sites for hydroxylation is 1. The number of nitrogen functional groups attached to an aromatic ring is 1. The van der Waals surface area contributed by atoms with Crippen LogP contribution in [0.4, 0.5) is 5.69 Å². The molecule has 0 atom stereocenters. The van der Waals surface area contributed by atoms with Gasteiger partial charge in [0.15, 0.2) is 0 Å². The first-order valence-electron chi connectivity index (χ1n) is 3.34. The van der Waals surface area contributed by atoms with Crippen LogP contribution in [0.3, 0.4) is 0 Å². The Morgan fingerprint density at radius 2 is 1.93 bits per heavy atom. The summed E-state index contributed by atoms with van der Waals surface area (Å²) in [5, 5.41) is 0.308. The van der Waals surface area contributed by atoms with E-state index in [0.717, 1.165) is 0 Å². The maximum absolute atomic E-state index is 10.7. The van der Waals surface area contributed by atoms with E-state index in [1.54, 1.807) is 0 Å². The number of halogens is 1. The molecule has 0 fully saturated rings. The molecule has 0 aliphatic rings. The Balaban J connectivity index is 0.00000169. The maximum atomic E-state index is 10.7. The van der Waals surface area contributed by atoms with Gasteiger partial charge in [0.25, 0.3) is 0 Å². The predicted octanol–water partition coefficient (Wildman–Crippen LogP) is -1.86. The van der Waals surface area contributed by atoms with Crippen molar-refractivity contribution in [2.75, 3.05) is 5.73 Å². The van der Waals surface area contributed by atoms with Crippen LogP contribution >= 0.6 is 11.6 Å². The molecule has 0 amide bonds. The average molecular weight is 228 g/mol. The van der Waals surface area contributed by atoms with Gasteiger partial charge in [-0.1, -0.05) is 11.6 Å². The van der Waals surface area contributed by atoms with Gasteiger partial charge in [-0.25, -0.2) is 8.42 Å². The molecule has 0 unspecified atom stereocenters. The molecular formula is C7H7ClLiNO3S. The van der Waals surface area contributed by atoms with Gasteiger partial charge in [-0.05, 0) is 24.6 Å². The Labute approximate surface area is 99.4 Å². The molecule has 1 aromatic rings. The van der Waals surface area contributed by atoms with E-state index in [0.29, 0.717) is 5.02 Å². The molecule has 7 heteroatoms. The molecule has 0 aromatic heterocycles. The van der Waals surface area contributed by atoms with Crippen LogP contribution < -0.4 is 24.6 Å². The number of hydrogen-bond acceptors (Lipinski definition) is 4. The van der Waals surface area contributed by atoms with Gasteiger partial charge in [0.1, 0.15) is 10.1 Å². The first kappa shape index (κ1) is 13.8. The summed E-state index contributed by atoms with van der Waals surface area (Å²) in [6, 6.07) is 2.61. The van der Waals surface area contributed by atoms with Crippen molar-refractivity contribution in [1.82, 2.24) is 0 Å². The fourth-order valence-corrected chi connectivity index (χ4v) is 2.18. The summed E-state index contributed by atoms with van der Waals surface area (Å²) >= 11 is 5.60. The third-order valence-corrected chi connectivity index (χ3v) is 2.79. The van der Waals surface area contributed by atoms with E-state index in [9.17, 15) is 13.0 Å². The van der Waals surface area contributed by atoms with E-state index >= 15 is 0 Å². The number of anilines is 1. The molecular weight excluding hydrogens is 221 g/mol. The fourth-order valence-electron chi connectivity index (χ4n) is 1.10. The van der Waals surface area contributed by atoms with Crippen LogP contribution in [-0.4, -0.2) is 13.0 Å². The van der Waals surface area contributed by atoms with Gasteiger partial charge < -0.3 is 10.3 Å². The molecule has 1 rings (SSSR count). The summed E-state index contributed by atoms with van der Waals surface area (Å²) < 4.78 is 32.1. The molecule has 0 saturated carbocycles. The van der Waals surface area contributed by atoms with Gasteiger partial charge in [0.2, 0.25) is 0 Å². The SMILES string of the molecule is Cc1cc(Cl)cc(N)c1S(=O)(=O)[O-].[Li+]. The van der Waals surface area contributed by atoms with Gasteiger partial charge in [0.05, 0.1) is 10.6 Å². The minimum Gasteiger partial charge on any atom is -0.744 e. The van der Waals surface area contributed by atoms with Crippen molar-refractivity contribution in [3.8, 4) is 0 Å². The second kappa shape index (κ2) is 4.56. The monoisotopic (exact) mass is 227 g/mol. The van der Waals surface area contributed by atoms with Crippen LogP contribution in [0.15, 0.2) is 17.0 Å². The molecule has 0 heterocycles. The Morgan fingerprint density at radius 3 is 2.29 bits per heavy atom. The van der Waals surface area contributed by atoms with Crippen LogP contribution in [0, 0.1) is 6.92 Å². The second-order valence-electron chi connectivity index (χ2n) is 2.60. The first-order chi connectivity index (χ1) is 5.82. The van der Waals surface area contributed by atoms with Gasteiger partial charge >= 0.3 is 18.9 Å². The van der Waals surface area contributed by atoms with E-state index in [1.807, 2.05) is 0 Å². The summed E-state index contributed by atoms with van der Waals surface area (Å²) in [6.07, 6.45) is 0. The zero-order valence-electron chi connectivity index (χ0n) is 7.74. The van der Waals surface area contributed by atoms with Crippen molar-refractivity contribution in [3.05, 3.63) is 22.7 Å². The molecule has 0 aliphatic heterocycles. The van der Waals surface area contributed by atoms with Crippen molar-refractivity contribution in [3.63, 3.8) is 0 Å². The normalized spacial score (nSPS) is 10.8. The minimum absolute atomic E-state index is 0. The van der Waals surface area contributed by atoms with E-state index < -0.39 is 15.0 Å². The van der Waals surface area contributed by atoms with Crippen LogP contribution in [0.2, 0.25) is 5.02 Å². The molecule has 0 radical (unpaired) electrons. The van der Waals surface area contributed by atoms with E-state index in [-0.39, 0.29) is 30.1 Å². The van der Waals surface area contributed by atoms with Crippen molar-refractivity contribution in [2.45, 2.75) is 11.8 Å². The second-order valence-corrected chi connectivity index (χ2v) is 4.35. The summed E-state index contributed by atoms with van der Waals surface area (Å²) in [5.41, 5.74) is 5.50. The summed E-state index contributed by atoms with van der Waals surface area (Å²) in [6.45, 7) is 1.47. The maximum Gasteiger partial charge on any atom is 1.00 e. The molecule has 0 saturated heterocycles. The van der Waals surface area contributed by atoms with Gasteiger partial charge in [-0.2, -0.15) is 0 Å². The van der Waals surface area contributed by atoms with Crippen molar-refractivity contribution in [1.29, 1.82) is 0 Å². The van der Waals surface area contributed by atoms with Crippen LogP contribution in [0.5, 0.6) is 0 Å². The Kier molecular flexibility index (Phi) is 4.50. The largest absolute Gasteiger partial charge is 1.00 e. The molecule has 72 valence electrons. The summed E-state index contributed by atoms with van der Waals surface area (Å²) in [5.74, 6) is 0. The fraction of sp³-hybridized carbons (Fsp3) is 0.143. The third kappa shape index (κ3) is 2.91. The van der Waals surface area contributed by atoms with Crippen molar-refractivity contribution < 1.29 is 31.8 Å². The van der Waals surface area contributed by atoms with E-state index in [2.05, 4.69) is 0 Å². The minimum atomic E-state index is -4.51. The molecule has 4 nitrogen and oxygen atoms in total. The van der Waals surface area contributed by atoms with Crippen molar-refractivity contribution >= 4 is 27.4 Å². The predicted molar refractivity (Wildman–Crippen MR) is 48.6 cm³/mol. The number of rotatable bonds is 1. The smallest absolute Gasteiger partial charge is 0.744 e. The van der Waals surface area contributed by atoms with Crippen LogP contribution in [0.1, 0.15) is 5.56 Å². The first-order valence-corrected chi connectivity index (χ1v) is 5.12. The molecule has 0 bridgehead atoms. The number of benzene rings is 1. The average Bonchev–Trinajstić information content (AvgIpc) is 1.78. The quantitative estimate of drug-likeness (QED) is 0.346. The Hall–Kier alpha value is -0.183. The molecule has 14 heavy (non-hydrogen) atoms. The van der Waals surface area contributed by atoms with Crippen molar-refractivity contribution in [2.24, 2.45) is 0 Å². The van der Waals surface area contributed by atoms with Crippen LogP contribution in [-0.2, 0) is 10.1 Å². The molecule has 2 N–H and O–H groups in total. The zero-order valence-corrected chi connectivity index (χ0v) is 9.32. The van der Waals surface area contributed by atoms with E-state index in [4.69, 9.17) is 17.3 Å². The Bertz CT molecular complexity index is 423. The Morgan fingerprint density at radius 1 is 1.43 bits per heavy atom. The zero-order chi connectivity index (χ0) is 10.2. The third-order valence-electron chi connectivity index (χ3n) is 1.52. The van der Waals surface area contributed by atoms with Gasteiger partial charge in [-0.3, -0.25) is 0 Å². The van der Waals surface area contributed by atoms with E-state index in [1.165, 1.54) is 19.1 Å². The van der Waals surface area contributed by atoms with Crippen LogP contribution in [0.25, 0.3) is 0 Å². The number of hydrogen-bond donors (Lipinski definition) is 1. The van der Waals surface area contributed by atoms with Gasteiger partial charge in [-0.15, -0.1) is 0 Å². The summed E-state index contributed by atoms with van der Waals surface area (Å²) in [4.78, 5) is -0.392. The summed E-state index contributed by atoms with van der Waals surface area (Å²) in [7, 11) is -4.51.